The third-order valence-corrected chi connectivity index (χ3v) is 4.91. The fraction of sp³-hybridized carbons (Fsp3) is 0.571. The van der Waals surface area contributed by atoms with E-state index in [4.69, 9.17) is 9.47 Å². The molecular weight excluding hydrogens is 374 g/mol. The van der Waals surface area contributed by atoms with Crippen LogP contribution in [-0.4, -0.2) is 25.4 Å². The first-order valence-corrected chi connectivity index (χ1v) is 7.93. The molecule has 1 aromatic carbocycles. The van der Waals surface area contributed by atoms with Crippen LogP contribution in [-0.2, 0) is 11.3 Å². The number of hydrogen-bond donors (Lipinski definition) is 1. The molecule has 1 N–H and O–H groups in total. The molecule has 1 aliphatic rings. The molecule has 1 saturated heterocycles. The molecule has 2 rings (SSSR count). The normalized spacial score (nSPS) is 26.7. The third kappa shape index (κ3) is 3.32. The Labute approximate surface area is 131 Å². The number of rotatable bonds is 4. The molecule has 0 spiro atoms. The van der Waals surface area contributed by atoms with Gasteiger partial charge >= 0.3 is 0 Å². The third-order valence-electron chi connectivity index (χ3n) is 3.86. The summed E-state index contributed by atoms with van der Waals surface area (Å²) in [5.74, 6) is 0.880. The zero-order chi connectivity index (χ0) is 14.0. The van der Waals surface area contributed by atoms with Crippen LogP contribution in [0, 0.1) is 0 Å². The number of benzene rings is 1. The second-order valence-corrected chi connectivity index (χ2v) is 6.88. The van der Waals surface area contributed by atoms with Crippen LogP contribution in [0.1, 0.15) is 25.8 Å². The van der Waals surface area contributed by atoms with Crippen molar-refractivity contribution in [1.82, 2.24) is 5.32 Å². The topological polar surface area (TPSA) is 30.5 Å². The molecule has 0 bridgehead atoms. The van der Waals surface area contributed by atoms with Crippen molar-refractivity contribution in [2.75, 3.05) is 13.7 Å². The molecular formula is C14H19Br2NO2. The van der Waals surface area contributed by atoms with E-state index in [0.29, 0.717) is 0 Å². The van der Waals surface area contributed by atoms with Crippen molar-refractivity contribution in [1.29, 1.82) is 0 Å². The zero-order valence-electron chi connectivity index (χ0n) is 11.4. The van der Waals surface area contributed by atoms with Gasteiger partial charge in [-0.1, -0.05) is 15.9 Å². The van der Waals surface area contributed by atoms with Gasteiger partial charge in [0.25, 0.3) is 0 Å². The highest BCUT2D eigenvalue weighted by Crippen LogP contribution is 2.33. The maximum Gasteiger partial charge on any atom is 0.137 e. The van der Waals surface area contributed by atoms with Crippen LogP contribution in [0.4, 0.5) is 0 Å². The van der Waals surface area contributed by atoms with Gasteiger partial charge in [0.05, 0.1) is 17.7 Å². The lowest BCUT2D eigenvalue weighted by atomic mass is 9.94. The first-order valence-electron chi connectivity index (χ1n) is 6.35. The monoisotopic (exact) mass is 391 g/mol. The van der Waals surface area contributed by atoms with Crippen LogP contribution in [0.3, 0.4) is 0 Å². The number of halogens is 2. The smallest absolute Gasteiger partial charge is 0.137 e. The van der Waals surface area contributed by atoms with E-state index in [2.05, 4.69) is 57.1 Å². The average molecular weight is 393 g/mol. The van der Waals surface area contributed by atoms with E-state index in [1.165, 1.54) is 0 Å². The van der Waals surface area contributed by atoms with Crippen molar-refractivity contribution < 1.29 is 9.47 Å². The van der Waals surface area contributed by atoms with E-state index >= 15 is 0 Å². The molecule has 0 aromatic heterocycles. The van der Waals surface area contributed by atoms with Crippen LogP contribution in [0.2, 0.25) is 0 Å². The van der Waals surface area contributed by atoms with Crippen LogP contribution >= 0.6 is 31.9 Å². The number of methoxy groups -OCH3 is 1. The average Bonchev–Trinajstić information content (AvgIpc) is 2.67. The Bertz CT molecular complexity index is 467. The Morgan fingerprint density at radius 3 is 2.79 bits per heavy atom. The van der Waals surface area contributed by atoms with Gasteiger partial charge in [-0.3, -0.25) is 0 Å². The molecule has 0 radical (unpaired) electrons. The molecule has 1 aromatic rings. The summed E-state index contributed by atoms with van der Waals surface area (Å²) in [5, 5.41) is 3.61. The molecule has 3 nitrogen and oxygen atoms in total. The minimum Gasteiger partial charge on any atom is -0.495 e. The van der Waals surface area contributed by atoms with Gasteiger partial charge in [0.2, 0.25) is 0 Å². The summed E-state index contributed by atoms with van der Waals surface area (Å²) >= 11 is 7.05. The van der Waals surface area contributed by atoms with Crippen LogP contribution in [0.15, 0.2) is 21.1 Å². The van der Waals surface area contributed by atoms with Gasteiger partial charge in [-0.15, -0.1) is 0 Å². The predicted octanol–water partition coefficient (Wildman–Crippen LogP) is 3.88. The minimum atomic E-state index is 0.0276. The largest absolute Gasteiger partial charge is 0.495 e. The fourth-order valence-corrected chi connectivity index (χ4v) is 3.81. The van der Waals surface area contributed by atoms with Crippen LogP contribution in [0.5, 0.6) is 5.75 Å². The van der Waals surface area contributed by atoms with E-state index in [-0.39, 0.29) is 11.6 Å². The van der Waals surface area contributed by atoms with Gasteiger partial charge in [0.1, 0.15) is 5.75 Å². The van der Waals surface area contributed by atoms with Crippen molar-refractivity contribution in [2.45, 2.75) is 38.5 Å². The first-order chi connectivity index (χ1) is 8.96. The van der Waals surface area contributed by atoms with Gasteiger partial charge in [-0.05, 0) is 48.3 Å². The Morgan fingerprint density at radius 1 is 1.47 bits per heavy atom. The number of ether oxygens (including phenoxy) is 2. The fourth-order valence-electron chi connectivity index (χ4n) is 2.34. The number of hydrogen-bond acceptors (Lipinski definition) is 3. The molecule has 1 fully saturated rings. The molecule has 0 aliphatic carbocycles. The summed E-state index contributed by atoms with van der Waals surface area (Å²) in [4.78, 5) is 0. The van der Waals surface area contributed by atoms with Crippen molar-refractivity contribution in [3.63, 3.8) is 0 Å². The predicted molar refractivity (Wildman–Crippen MR) is 83.7 cm³/mol. The highest BCUT2D eigenvalue weighted by atomic mass is 79.9. The highest BCUT2D eigenvalue weighted by Gasteiger charge is 2.36. The van der Waals surface area contributed by atoms with Crippen LogP contribution < -0.4 is 10.1 Å². The van der Waals surface area contributed by atoms with E-state index in [1.54, 1.807) is 7.11 Å². The summed E-state index contributed by atoms with van der Waals surface area (Å²) in [6.07, 6.45) is 1.26. The van der Waals surface area contributed by atoms with Gasteiger partial charge in [-0.2, -0.15) is 0 Å². The lowest BCUT2D eigenvalue weighted by molar-refractivity contribution is 0.0880. The van der Waals surface area contributed by atoms with Gasteiger partial charge in [0, 0.05) is 28.7 Å². The summed E-state index contributed by atoms with van der Waals surface area (Å²) < 4.78 is 13.1. The van der Waals surface area contributed by atoms with Gasteiger partial charge in [0.15, 0.2) is 0 Å². The van der Waals surface area contributed by atoms with Crippen molar-refractivity contribution in [3.05, 3.63) is 26.6 Å². The van der Waals surface area contributed by atoms with Gasteiger partial charge < -0.3 is 14.8 Å². The SMILES string of the molecule is COc1c(Br)cc(Br)cc1CNC1(C)CCOC1C. The van der Waals surface area contributed by atoms with Crippen molar-refractivity contribution in [2.24, 2.45) is 0 Å². The van der Waals surface area contributed by atoms with Gasteiger partial charge in [-0.25, -0.2) is 0 Å². The summed E-state index contributed by atoms with van der Waals surface area (Å²) in [5.41, 5.74) is 1.16. The molecule has 0 amide bonds. The van der Waals surface area contributed by atoms with E-state index in [9.17, 15) is 0 Å². The summed E-state index contributed by atoms with van der Waals surface area (Å²) in [6, 6.07) is 4.08. The summed E-state index contributed by atoms with van der Waals surface area (Å²) in [7, 11) is 1.69. The molecule has 1 aliphatic heterocycles. The Hall–Kier alpha value is -0.100. The quantitative estimate of drug-likeness (QED) is 0.843. The maximum atomic E-state index is 5.65. The summed E-state index contributed by atoms with van der Waals surface area (Å²) in [6.45, 7) is 5.91. The maximum absolute atomic E-state index is 5.65. The highest BCUT2D eigenvalue weighted by molar-refractivity contribution is 9.11. The molecule has 106 valence electrons. The molecule has 2 atom stereocenters. The first kappa shape index (κ1) is 15.3. The van der Waals surface area contributed by atoms with E-state index < -0.39 is 0 Å². The molecule has 2 unspecified atom stereocenters. The zero-order valence-corrected chi connectivity index (χ0v) is 14.6. The number of nitrogens with one attached hydrogen (secondary N) is 1. The minimum absolute atomic E-state index is 0.0276. The lowest BCUT2D eigenvalue weighted by Crippen LogP contribution is -2.47. The molecule has 0 saturated carbocycles. The Balaban J connectivity index is 2.15. The second-order valence-electron chi connectivity index (χ2n) is 5.11. The molecule has 19 heavy (non-hydrogen) atoms. The van der Waals surface area contributed by atoms with Crippen LogP contribution in [0.25, 0.3) is 0 Å². The van der Waals surface area contributed by atoms with Crippen molar-refractivity contribution >= 4 is 31.9 Å². The Morgan fingerprint density at radius 2 is 2.21 bits per heavy atom. The van der Waals surface area contributed by atoms with E-state index in [1.807, 2.05) is 6.07 Å². The standard InChI is InChI=1S/C14H19Br2NO2/c1-9-14(2,4-5-19-9)17-8-10-6-11(15)7-12(16)13(10)18-3/h6-7,9,17H,4-5,8H2,1-3H3. The molecule has 5 heteroatoms. The van der Waals surface area contributed by atoms with E-state index in [0.717, 1.165) is 39.8 Å². The van der Waals surface area contributed by atoms with Crippen molar-refractivity contribution in [3.8, 4) is 5.75 Å². The Kier molecular flexibility index (Phi) is 4.93. The lowest BCUT2D eigenvalue weighted by Gasteiger charge is -2.29. The second kappa shape index (κ2) is 6.12. The molecule has 1 heterocycles.